The zero-order chi connectivity index (χ0) is 18.1. The van der Waals surface area contributed by atoms with E-state index in [0.717, 1.165) is 9.80 Å². The molecule has 1 fully saturated rings. The van der Waals surface area contributed by atoms with Crippen molar-refractivity contribution in [1.29, 1.82) is 0 Å². The Morgan fingerprint density at radius 1 is 0.920 bits per heavy atom. The molecule has 0 aromatic heterocycles. The van der Waals surface area contributed by atoms with Crippen LogP contribution in [0, 0.1) is 0 Å². The number of rotatable bonds is 4. The van der Waals surface area contributed by atoms with Crippen molar-refractivity contribution in [3.8, 4) is 5.75 Å². The molecule has 0 unspecified atom stereocenters. The molecule has 0 spiro atoms. The van der Waals surface area contributed by atoms with Crippen LogP contribution in [-0.2, 0) is 16.1 Å². The molecule has 1 aliphatic heterocycles. The van der Waals surface area contributed by atoms with E-state index in [9.17, 15) is 14.4 Å². The first kappa shape index (κ1) is 17.3. The maximum absolute atomic E-state index is 12.6. The van der Waals surface area contributed by atoms with Gasteiger partial charge >= 0.3 is 17.8 Å². The van der Waals surface area contributed by atoms with Gasteiger partial charge in [-0.1, -0.05) is 29.3 Å². The van der Waals surface area contributed by atoms with Crippen molar-refractivity contribution in [2.45, 2.75) is 6.54 Å². The van der Waals surface area contributed by atoms with E-state index in [1.807, 2.05) is 0 Å². The maximum Gasteiger partial charge on any atom is 0.339 e. The summed E-state index contributed by atoms with van der Waals surface area (Å²) in [6.07, 6.45) is 0. The van der Waals surface area contributed by atoms with Crippen LogP contribution >= 0.6 is 23.2 Å². The van der Waals surface area contributed by atoms with Crippen molar-refractivity contribution in [3.63, 3.8) is 0 Å². The fourth-order valence-corrected chi connectivity index (χ4v) is 2.75. The number of ether oxygens (including phenoxy) is 1. The van der Waals surface area contributed by atoms with Crippen LogP contribution in [0.25, 0.3) is 0 Å². The molecule has 0 saturated carbocycles. The highest BCUT2D eigenvalue weighted by Gasteiger charge is 2.45. The minimum Gasteiger partial charge on any atom is -0.497 e. The number of halogens is 2. The molecule has 0 aliphatic carbocycles. The van der Waals surface area contributed by atoms with E-state index in [-0.39, 0.29) is 6.54 Å². The summed E-state index contributed by atoms with van der Waals surface area (Å²) >= 11 is 11.8. The topological polar surface area (TPSA) is 66.9 Å². The van der Waals surface area contributed by atoms with Gasteiger partial charge in [0.05, 0.1) is 29.4 Å². The molecule has 1 saturated heterocycles. The molecule has 2 aromatic carbocycles. The molecule has 4 amide bonds. The highest BCUT2D eigenvalue weighted by molar-refractivity contribution is 6.52. The van der Waals surface area contributed by atoms with E-state index in [0.29, 0.717) is 27.0 Å². The van der Waals surface area contributed by atoms with Crippen LogP contribution in [0.5, 0.6) is 5.75 Å². The standard InChI is InChI=1S/C17H12Cl2N2O4/c1-25-12-5-3-11(4-6-12)21-16(23)15(22)20(17(21)24)9-10-2-7-13(18)14(19)8-10/h2-8H,9H2,1H3. The van der Waals surface area contributed by atoms with Gasteiger partial charge in [-0.3, -0.25) is 14.5 Å². The lowest BCUT2D eigenvalue weighted by Gasteiger charge is -2.16. The largest absolute Gasteiger partial charge is 0.497 e. The van der Waals surface area contributed by atoms with E-state index in [2.05, 4.69) is 0 Å². The third-order valence-electron chi connectivity index (χ3n) is 3.71. The van der Waals surface area contributed by atoms with Crippen LogP contribution in [0.15, 0.2) is 42.5 Å². The summed E-state index contributed by atoms with van der Waals surface area (Å²) in [6.45, 7) is -0.0764. The van der Waals surface area contributed by atoms with E-state index in [4.69, 9.17) is 27.9 Å². The molecule has 25 heavy (non-hydrogen) atoms. The Morgan fingerprint density at radius 3 is 2.20 bits per heavy atom. The number of carbonyl (C=O) groups excluding carboxylic acids is 3. The Balaban J connectivity index is 1.86. The summed E-state index contributed by atoms with van der Waals surface area (Å²) in [7, 11) is 1.50. The minimum atomic E-state index is -0.907. The van der Waals surface area contributed by atoms with Gasteiger partial charge in [0.25, 0.3) is 0 Å². The van der Waals surface area contributed by atoms with E-state index < -0.39 is 17.8 Å². The van der Waals surface area contributed by atoms with Gasteiger partial charge in [0.1, 0.15) is 5.75 Å². The molecule has 1 heterocycles. The second-order valence-electron chi connectivity index (χ2n) is 5.26. The third-order valence-corrected chi connectivity index (χ3v) is 4.45. The van der Waals surface area contributed by atoms with Gasteiger partial charge in [0.2, 0.25) is 0 Å². The number of carbonyl (C=O) groups is 3. The summed E-state index contributed by atoms with van der Waals surface area (Å²) in [5.41, 5.74) is 0.876. The number of anilines is 1. The van der Waals surface area contributed by atoms with Crippen LogP contribution in [0.4, 0.5) is 10.5 Å². The van der Waals surface area contributed by atoms with Gasteiger partial charge in [-0.05, 0) is 42.0 Å². The summed E-state index contributed by atoms with van der Waals surface area (Å²) in [5.74, 6) is -1.23. The number of methoxy groups -OCH3 is 1. The molecule has 8 heteroatoms. The summed E-state index contributed by atoms with van der Waals surface area (Å²) in [4.78, 5) is 38.7. The first-order chi connectivity index (χ1) is 11.9. The number of imide groups is 2. The number of urea groups is 1. The van der Waals surface area contributed by atoms with Crippen molar-refractivity contribution in [2.24, 2.45) is 0 Å². The van der Waals surface area contributed by atoms with Crippen LogP contribution in [-0.4, -0.2) is 29.9 Å². The second-order valence-corrected chi connectivity index (χ2v) is 6.08. The molecule has 1 aliphatic rings. The number of amides is 4. The molecule has 6 nitrogen and oxygen atoms in total. The van der Waals surface area contributed by atoms with E-state index >= 15 is 0 Å². The zero-order valence-electron chi connectivity index (χ0n) is 13.0. The fourth-order valence-electron chi connectivity index (χ4n) is 2.42. The van der Waals surface area contributed by atoms with Crippen molar-refractivity contribution < 1.29 is 19.1 Å². The molecular formula is C17H12Cl2N2O4. The Kier molecular flexibility index (Phi) is 4.65. The van der Waals surface area contributed by atoms with Crippen LogP contribution in [0.1, 0.15) is 5.56 Å². The zero-order valence-corrected chi connectivity index (χ0v) is 14.5. The molecule has 2 aromatic rings. The molecule has 3 rings (SSSR count). The fraction of sp³-hybridized carbons (Fsp3) is 0.118. The van der Waals surface area contributed by atoms with Gasteiger partial charge in [0.15, 0.2) is 0 Å². The van der Waals surface area contributed by atoms with Gasteiger partial charge in [0, 0.05) is 0 Å². The first-order valence-electron chi connectivity index (χ1n) is 7.20. The molecule has 0 N–H and O–H groups in total. The average Bonchev–Trinajstić information content (AvgIpc) is 2.82. The van der Waals surface area contributed by atoms with Crippen molar-refractivity contribution in [3.05, 3.63) is 58.1 Å². The Labute approximate surface area is 153 Å². The molecule has 0 atom stereocenters. The van der Waals surface area contributed by atoms with Gasteiger partial charge in [-0.2, -0.15) is 0 Å². The van der Waals surface area contributed by atoms with Crippen molar-refractivity contribution in [1.82, 2.24) is 4.90 Å². The monoisotopic (exact) mass is 378 g/mol. The van der Waals surface area contributed by atoms with Gasteiger partial charge < -0.3 is 4.74 Å². The highest BCUT2D eigenvalue weighted by atomic mass is 35.5. The van der Waals surface area contributed by atoms with Crippen LogP contribution in [0.3, 0.4) is 0 Å². The predicted molar refractivity (Wildman–Crippen MR) is 92.9 cm³/mol. The predicted octanol–water partition coefficient (Wildman–Crippen LogP) is 3.50. The lowest BCUT2D eigenvalue weighted by molar-refractivity contribution is -0.139. The highest BCUT2D eigenvalue weighted by Crippen LogP contribution is 2.27. The Morgan fingerprint density at radius 2 is 1.60 bits per heavy atom. The Hall–Kier alpha value is -2.57. The third kappa shape index (κ3) is 3.18. The molecule has 0 bridgehead atoms. The van der Waals surface area contributed by atoms with Crippen molar-refractivity contribution in [2.75, 3.05) is 12.0 Å². The summed E-state index contributed by atoms with van der Waals surface area (Å²) < 4.78 is 5.04. The number of hydrogen-bond acceptors (Lipinski definition) is 4. The van der Waals surface area contributed by atoms with Crippen LogP contribution in [0.2, 0.25) is 10.0 Å². The quantitative estimate of drug-likeness (QED) is 0.603. The normalized spacial score (nSPS) is 14.4. The maximum atomic E-state index is 12.6. The van der Waals surface area contributed by atoms with Crippen LogP contribution < -0.4 is 9.64 Å². The molecule has 0 radical (unpaired) electrons. The van der Waals surface area contributed by atoms with Crippen molar-refractivity contribution >= 4 is 46.7 Å². The molecular weight excluding hydrogens is 367 g/mol. The lowest BCUT2D eigenvalue weighted by Crippen LogP contribution is -2.33. The first-order valence-corrected chi connectivity index (χ1v) is 7.96. The van der Waals surface area contributed by atoms with Gasteiger partial charge in [-0.25, -0.2) is 9.69 Å². The summed E-state index contributed by atoms with van der Waals surface area (Å²) in [5, 5.41) is 0.664. The van der Waals surface area contributed by atoms with E-state index in [1.54, 1.807) is 30.3 Å². The second kappa shape index (κ2) is 6.74. The smallest absolute Gasteiger partial charge is 0.339 e. The van der Waals surface area contributed by atoms with Gasteiger partial charge in [-0.15, -0.1) is 0 Å². The summed E-state index contributed by atoms with van der Waals surface area (Å²) in [6, 6.07) is 10.3. The lowest BCUT2D eigenvalue weighted by atomic mass is 10.2. The average molecular weight is 379 g/mol. The SMILES string of the molecule is COc1ccc(N2C(=O)C(=O)N(Cc3ccc(Cl)c(Cl)c3)C2=O)cc1. The molecule has 128 valence electrons. The van der Waals surface area contributed by atoms with E-state index in [1.165, 1.54) is 19.2 Å². The minimum absolute atomic E-state index is 0.0764. The number of hydrogen-bond donors (Lipinski definition) is 0. The number of benzene rings is 2. The number of nitrogens with zero attached hydrogens (tertiary/aromatic N) is 2. The Bertz CT molecular complexity index is 867.